The van der Waals surface area contributed by atoms with Gasteiger partial charge in [0, 0.05) is 17.9 Å². The SMILES string of the molecule is O=C(NC1CCS(=O)(=O)C1)c1cc(Nc2ccc(F)c(F)c2F)ccn1. The van der Waals surface area contributed by atoms with Crippen molar-refractivity contribution in [2.24, 2.45) is 0 Å². The van der Waals surface area contributed by atoms with Gasteiger partial charge in [-0.1, -0.05) is 0 Å². The molecule has 1 aromatic heterocycles. The first-order chi connectivity index (χ1) is 12.2. The van der Waals surface area contributed by atoms with Crippen LogP contribution < -0.4 is 10.6 Å². The lowest BCUT2D eigenvalue weighted by molar-refractivity contribution is 0.0936. The van der Waals surface area contributed by atoms with Crippen LogP contribution in [0.3, 0.4) is 0 Å². The molecule has 1 amide bonds. The second-order valence-electron chi connectivity index (χ2n) is 5.85. The first-order valence-electron chi connectivity index (χ1n) is 7.63. The highest BCUT2D eigenvalue weighted by Gasteiger charge is 2.29. The summed E-state index contributed by atoms with van der Waals surface area (Å²) in [6, 6.07) is 4.01. The summed E-state index contributed by atoms with van der Waals surface area (Å²) in [7, 11) is -3.14. The van der Waals surface area contributed by atoms with Crippen molar-refractivity contribution in [1.29, 1.82) is 0 Å². The third-order valence-corrected chi connectivity index (χ3v) is 5.64. The molecule has 2 N–H and O–H groups in total. The normalized spacial score (nSPS) is 18.5. The predicted molar refractivity (Wildman–Crippen MR) is 88.4 cm³/mol. The highest BCUT2D eigenvalue weighted by Crippen LogP contribution is 2.23. The number of sulfone groups is 1. The number of halogens is 3. The molecule has 1 atom stereocenters. The molecule has 10 heteroatoms. The van der Waals surface area contributed by atoms with E-state index in [0.717, 1.165) is 12.1 Å². The van der Waals surface area contributed by atoms with Gasteiger partial charge in [-0.15, -0.1) is 0 Å². The number of carbonyl (C=O) groups is 1. The maximum atomic E-state index is 13.7. The van der Waals surface area contributed by atoms with Crippen LogP contribution in [0.5, 0.6) is 0 Å². The summed E-state index contributed by atoms with van der Waals surface area (Å²) in [5.74, 6) is -5.00. The molecule has 2 heterocycles. The summed E-state index contributed by atoms with van der Waals surface area (Å²) in [6.45, 7) is 0. The van der Waals surface area contributed by atoms with E-state index in [2.05, 4.69) is 15.6 Å². The zero-order chi connectivity index (χ0) is 18.9. The number of benzene rings is 1. The van der Waals surface area contributed by atoms with Crippen LogP contribution in [0.25, 0.3) is 0 Å². The van der Waals surface area contributed by atoms with Crippen LogP contribution in [-0.4, -0.2) is 36.9 Å². The minimum absolute atomic E-state index is 0.0162. The molecular formula is C16H14F3N3O3S. The number of rotatable bonds is 4. The highest BCUT2D eigenvalue weighted by molar-refractivity contribution is 7.91. The molecule has 1 aliphatic heterocycles. The summed E-state index contributed by atoms with van der Waals surface area (Å²) < 4.78 is 62.8. The molecule has 3 rings (SSSR count). The Hall–Kier alpha value is -2.62. The minimum atomic E-state index is -3.14. The van der Waals surface area contributed by atoms with Crippen molar-refractivity contribution in [1.82, 2.24) is 10.3 Å². The quantitative estimate of drug-likeness (QED) is 0.788. The molecule has 0 bridgehead atoms. The molecule has 26 heavy (non-hydrogen) atoms. The number of nitrogens with zero attached hydrogens (tertiary/aromatic N) is 1. The Morgan fingerprint density at radius 3 is 2.62 bits per heavy atom. The lowest BCUT2D eigenvalue weighted by Gasteiger charge is -2.12. The van der Waals surface area contributed by atoms with Crippen LogP contribution in [0.4, 0.5) is 24.5 Å². The number of hydrogen-bond acceptors (Lipinski definition) is 5. The maximum absolute atomic E-state index is 13.7. The van der Waals surface area contributed by atoms with E-state index in [9.17, 15) is 26.4 Å². The van der Waals surface area contributed by atoms with E-state index in [1.807, 2.05) is 0 Å². The Kier molecular flexibility index (Phi) is 4.86. The van der Waals surface area contributed by atoms with Crippen LogP contribution in [0, 0.1) is 17.5 Å². The first-order valence-corrected chi connectivity index (χ1v) is 9.45. The standard InChI is InChI=1S/C16H14F3N3O3S/c17-11-1-2-12(15(19)14(11)18)21-9-3-5-20-13(7-9)16(23)22-10-4-6-26(24,25)8-10/h1-3,5,7,10H,4,6,8H2,(H,20,21)(H,22,23). The Morgan fingerprint density at radius 1 is 1.15 bits per heavy atom. The zero-order valence-corrected chi connectivity index (χ0v) is 14.1. The van der Waals surface area contributed by atoms with Gasteiger partial charge in [0.2, 0.25) is 0 Å². The molecule has 2 aromatic rings. The number of pyridine rings is 1. The molecule has 1 fully saturated rings. The summed E-state index contributed by atoms with van der Waals surface area (Å²) in [6.07, 6.45) is 1.60. The highest BCUT2D eigenvalue weighted by atomic mass is 32.2. The van der Waals surface area contributed by atoms with E-state index >= 15 is 0 Å². The fourth-order valence-corrected chi connectivity index (χ4v) is 4.25. The Labute approximate surface area is 147 Å². The van der Waals surface area contributed by atoms with Crippen LogP contribution in [-0.2, 0) is 9.84 Å². The number of nitrogens with one attached hydrogen (secondary N) is 2. The Balaban J connectivity index is 1.74. The van der Waals surface area contributed by atoms with Gasteiger partial charge in [0.25, 0.3) is 5.91 Å². The van der Waals surface area contributed by atoms with Gasteiger partial charge in [-0.2, -0.15) is 0 Å². The van der Waals surface area contributed by atoms with Gasteiger partial charge < -0.3 is 10.6 Å². The van der Waals surface area contributed by atoms with E-state index in [1.54, 1.807) is 0 Å². The number of hydrogen-bond donors (Lipinski definition) is 2. The lowest BCUT2D eigenvalue weighted by Crippen LogP contribution is -2.36. The van der Waals surface area contributed by atoms with Gasteiger partial charge in [-0.05, 0) is 30.7 Å². The van der Waals surface area contributed by atoms with E-state index < -0.39 is 39.2 Å². The van der Waals surface area contributed by atoms with E-state index in [0.29, 0.717) is 6.42 Å². The van der Waals surface area contributed by atoms with Gasteiger partial charge in [-0.25, -0.2) is 21.6 Å². The molecule has 0 aliphatic carbocycles. The van der Waals surface area contributed by atoms with Crippen LogP contribution >= 0.6 is 0 Å². The van der Waals surface area contributed by atoms with Crippen LogP contribution in [0.2, 0.25) is 0 Å². The predicted octanol–water partition coefficient (Wildman–Crippen LogP) is 2.16. The van der Waals surface area contributed by atoms with E-state index in [4.69, 9.17) is 0 Å². The molecule has 1 saturated heterocycles. The van der Waals surface area contributed by atoms with E-state index in [-0.39, 0.29) is 28.6 Å². The fourth-order valence-electron chi connectivity index (χ4n) is 2.58. The average Bonchev–Trinajstić information content (AvgIpc) is 2.94. The Morgan fingerprint density at radius 2 is 1.92 bits per heavy atom. The molecule has 1 aliphatic rings. The zero-order valence-electron chi connectivity index (χ0n) is 13.3. The minimum Gasteiger partial charge on any atom is -0.353 e. The maximum Gasteiger partial charge on any atom is 0.270 e. The molecule has 0 spiro atoms. The van der Waals surface area contributed by atoms with Gasteiger partial charge >= 0.3 is 0 Å². The van der Waals surface area contributed by atoms with Gasteiger partial charge in [0.05, 0.1) is 17.2 Å². The van der Waals surface area contributed by atoms with Crippen molar-refractivity contribution in [3.8, 4) is 0 Å². The molecular weight excluding hydrogens is 371 g/mol. The summed E-state index contributed by atoms with van der Waals surface area (Å²) in [5, 5.41) is 5.12. The number of aromatic nitrogens is 1. The smallest absolute Gasteiger partial charge is 0.270 e. The summed E-state index contributed by atoms with van der Waals surface area (Å²) >= 11 is 0. The lowest BCUT2D eigenvalue weighted by atomic mass is 10.2. The van der Waals surface area contributed by atoms with Crippen molar-refractivity contribution in [3.05, 3.63) is 53.6 Å². The van der Waals surface area contributed by atoms with Crippen molar-refractivity contribution in [3.63, 3.8) is 0 Å². The monoisotopic (exact) mass is 385 g/mol. The third kappa shape index (κ3) is 3.96. The van der Waals surface area contributed by atoms with Crippen LogP contribution in [0.1, 0.15) is 16.9 Å². The van der Waals surface area contributed by atoms with Gasteiger partial charge in [-0.3, -0.25) is 9.78 Å². The largest absolute Gasteiger partial charge is 0.353 e. The third-order valence-electron chi connectivity index (χ3n) is 3.87. The number of carbonyl (C=O) groups excluding carboxylic acids is 1. The molecule has 0 radical (unpaired) electrons. The average molecular weight is 385 g/mol. The number of anilines is 2. The molecule has 1 unspecified atom stereocenters. The van der Waals surface area contributed by atoms with Crippen molar-refractivity contribution >= 4 is 27.1 Å². The molecule has 138 valence electrons. The second-order valence-corrected chi connectivity index (χ2v) is 8.08. The van der Waals surface area contributed by atoms with E-state index in [1.165, 1.54) is 18.3 Å². The molecule has 1 aromatic carbocycles. The number of amides is 1. The molecule has 0 saturated carbocycles. The van der Waals surface area contributed by atoms with Gasteiger partial charge in [0.1, 0.15) is 5.69 Å². The molecule has 6 nitrogen and oxygen atoms in total. The van der Waals surface area contributed by atoms with Crippen LogP contribution in [0.15, 0.2) is 30.5 Å². The Bertz CT molecular complexity index is 966. The van der Waals surface area contributed by atoms with Crippen molar-refractivity contribution in [2.75, 3.05) is 16.8 Å². The summed E-state index contributed by atoms with van der Waals surface area (Å²) in [4.78, 5) is 16.1. The first kappa shape index (κ1) is 18.2. The summed E-state index contributed by atoms with van der Waals surface area (Å²) in [5.41, 5.74) is -0.0975. The topological polar surface area (TPSA) is 88.2 Å². The van der Waals surface area contributed by atoms with Gasteiger partial charge in [0.15, 0.2) is 27.3 Å². The fraction of sp³-hybridized carbons (Fsp3) is 0.250. The van der Waals surface area contributed by atoms with Crippen molar-refractivity contribution in [2.45, 2.75) is 12.5 Å². The van der Waals surface area contributed by atoms with Crippen molar-refractivity contribution < 1.29 is 26.4 Å². The second kappa shape index (κ2) is 6.94.